The predicted molar refractivity (Wildman–Crippen MR) is 103 cm³/mol. The molecule has 1 unspecified atom stereocenters. The van der Waals surface area contributed by atoms with Gasteiger partial charge in [-0.3, -0.25) is 9.59 Å². The molecule has 0 fully saturated rings. The Hall–Kier alpha value is -3.02. The van der Waals surface area contributed by atoms with E-state index in [0.717, 1.165) is 0 Å². The number of carbonyl (C=O) groups is 2. The van der Waals surface area contributed by atoms with Crippen LogP contribution in [0.1, 0.15) is 36.7 Å². The molecule has 2 N–H and O–H groups in total. The Morgan fingerprint density at radius 1 is 1.11 bits per heavy atom. The van der Waals surface area contributed by atoms with Crippen LogP contribution in [0.3, 0.4) is 0 Å². The van der Waals surface area contributed by atoms with E-state index in [1.165, 1.54) is 7.11 Å². The standard InChI is InChI=1S/C21H25NO5/c1-14(2)27-17-11-10-15(12-18(17)26-4)19(23)22-13-21(3,20(24)25)16-8-6-5-7-9-16/h5-12,14H,13H2,1-4H3,(H,22,23)(H,24,25). The van der Waals surface area contributed by atoms with Gasteiger partial charge < -0.3 is 19.9 Å². The van der Waals surface area contributed by atoms with E-state index < -0.39 is 11.4 Å². The van der Waals surface area contributed by atoms with Gasteiger partial charge in [0, 0.05) is 12.1 Å². The van der Waals surface area contributed by atoms with E-state index in [1.807, 2.05) is 19.9 Å². The summed E-state index contributed by atoms with van der Waals surface area (Å²) >= 11 is 0. The number of hydrogen-bond donors (Lipinski definition) is 2. The van der Waals surface area contributed by atoms with Gasteiger partial charge in [0.05, 0.1) is 13.2 Å². The number of nitrogens with one attached hydrogen (secondary N) is 1. The molecule has 0 aliphatic rings. The molecular formula is C21H25NO5. The van der Waals surface area contributed by atoms with Gasteiger partial charge in [-0.1, -0.05) is 30.3 Å². The minimum absolute atomic E-state index is 0.0271. The Bertz CT molecular complexity index is 803. The number of methoxy groups -OCH3 is 1. The van der Waals surface area contributed by atoms with E-state index in [0.29, 0.717) is 22.6 Å². The van der Waals surface area contributed by atoms with Crippen molar-refractivity contribution in [1.29, 1.82) is 0 Å². The Morgan fingerprint density at radius 3 is 2.33 bits per heavy atom. The molecule has 27 heavy (non-hydrogen) atoms. The fraction of sp³-hybridized carbons (Fsp3) is 0.333. The number of benzene rings is 2. The van der Waals surface area contributed by atoms with E-state index >= 15 is 0 Å². The van der Waals surface area contributed by atoms with Crippen LogP contribution >= 0.6 is 0 Å². The van der Waals surface area contributed by atoms with Gasteiger partial charge in [-0.25, -0.2) is 0 Å². The summed E-state index contributed by atoms with van der Waals surface area (Å²) in [7, 11) is 1.50. The predicted octanol–water partition coefficient (Wildman–Crippen LogP) is 3.25. The lowest BCUT2D eigenvalue weighted by Crippen LogP contribution is -2.44. The summed E-state index contributed by atoms with van der Waals surface area (Å²) in [6.45, 7) is 5.34. The molecule has 6 nitrogen and oxygen atoms in total. The third kappa shape index (κ3) is 4.78. The van der Waals surface area contributed by atoms with Crippen LogP contribution in [-0.2, 0) is 10.2 Å². The molecule has 0 saturated carbocycles. The summed E-state index contributed by atoms with van der Waals surface area (Å²) in [5.41, 5.74) is -0.248. The minimum Gasteiger partial charge on any atom is -0.493 e. The number of rotatable bonds is 8. The fourth-order valence-corrected chi connectivity index (χ4v) is 2.63. The first-order valence-corrected chi connectivity index (χ1v) is 8.69. The molecule has 0 radical (unpaired) electrons. The van der Waals surface area contributed by atoms with Crippen LogP contribution in [0.15, 0.2) is 48.5 Å². The van der Waals surface area contributed by atoms with Crippen molar-refractivity contribution in [3.05, 3.63) is 59.7 Å². The molecule has 6 heteroatoms. The van der Waals surface area contributed by atoms with Crippen LogP contribution in [0.2, 0.25) is 0 Å². The van der Waals surface area contributed by atoms with E-state index in [9.17, 15) is 14.7 Å². The molecule has 0 aliphatic heterocycles. The molecule has 0 heterocycles. The lowest BCUT2D eigenvalue weighted by Gasteiger charge is -2.25. The second kappa shape index (κ2) is 8.58. The van der Waals surface area contributed by atoms with Crippen LogP contribution in [0.5, 0.6) is 11.5 Å². The zero-order valence-corrected chi connectivity index (χ0v) is 16.0. The highest BCUT2D eigenvalue weighted by Crippen LogP contribution is 2.29. The molecule has 2 aromatic rings. The third-order valence-electron chi connectivity index (χ3n) is 4.27. The van der Waals surface area contributed by atoms with Crippen molar-refractivity contribution in [2.45, 2.75) is 32.3 Å². The average Bonchev–Trinajstić information content (AvgIpc) is 2.66. The van der Waals surface area contributed by atoms with E-state index in [2.05, 4.69) is 5.32 Å². The zero-order chi connectivity index (χ0) is 20.0. The highest BCUT2D eigenvalue weighted by atomic mass is 16.5. The third-order valence-corrected chi connectivity index (χ3v) is 4.27. The molecule has 0 saturated heterocycles. The molecular weight excluding hydrogens is 346 g/mol. The molecule has 0 aromatic heterocycles. The molecule has 0 bridgehead atoms. The van der Waals surface area contributed by atoms with E-state index in [4.69, 9.17) is 9.47 Å². The number of ether oxygens (including phenoxy) is 2. The number of amides is 1. The maximum Gasteiger partial charge on any atom is 0.315 e. The van der Waals surface area contributed by atoms with Crippen molar-refractivity contribution in [1.82, 2.24) is 5.32 Å². The second-order valence-corrected chi connectivity index (χ2v) is 6.72. The van der Waals surface area contributed by atoms with Crippen LogP contribution < -0.4 is 14.8 Å². The first-order chi connectivity index (χ1) is 12.8. The normalized spacial score (nSPS) is 12.9. The lowest BCUT2D eigenvalue weighted by molar-refractivity contribution is -0.142. The van der Waals surface area contributed by atoms with E-state index in [-0.39, 0.29) is 18.6 Å². The van der Waals surface area contributed by atoms with Crippen molar-refractivity contribution in [3.63, 3.8) is 0 Å². The SMILES string of the molecule is COc1cc(C(=O)NCC(C)(C(=O)O)c2ccccc2)ccc1OC(C)C. The number of carboxylic acids is 1. The summed E-state index contributed by atoms with van der Waals surface area (Å²) in [6, 6.07) is 13.7. The summed E-state index contributed by atoms with van der Waals surface area (Å²) in [5.74, 6) is -0.399. The molecule has 144 valence electrons. The fourth-order valence-electron chi connectivity index (χ4n) is 2.63. The quantitative estimate of drug-likeness (QED) is 0.744. The van der Waals surface area contributed by atoms with Gasteiger partial charge in [0.1, 0.15) is 5.41 Å². The Kier molecular flexibility index (Phi) is 6.45. The highest BCUT2D eigenvalue weighted by Gasteiger charge is 2.35. The molecule has 1 amide bonds. The number of hydrogen-bond acceptors (Lipinski definition) is 4. The van der Waals surface area contributed by atoms with Crippen LogP contribution in [0.4, 0.5) is 0 Å². The van der Waals surface area contributed by atoms with Crippen molar-refractivity contribution in [2.24, 2.45) is 0 Å². The van der Waals surface area contributed by atoms with Gasteiger partial charge in [0.25, 0.3) is 5.91 Å². The van der Waals surface area contributed by atoms with E-state index in [1.54, 1.807) is 49.4 Å². The van der Waals surface area contributed by atoms with Crippen molar-refractivity contribution >= 4 is 11.9 Å². The number of aliphatic carboxylic acids is 1. The Morgan fingerprint density at radius 2 is 1.78 bits per heavy atom. The maximum absolute atomic E-state index is 12.5. The summed E-state index contributed by atoms with van der Waals surface area (Å²) in [4.78, 5) is 24.4. The average molecular weight is 371 g/mol. The summed E-state index contributed by atoms with van der Waals surface area (Å²) < 4.78 is 10.9. The summed E-state index contributed by atoms with van der Waals surface area (Å²) in [6.07, 6.45) is -0.0271. The van der Waals surface area contributed by atoms with Crippen molar-refractivity contribution in [2.75, 3.05) is 13.7 Å². The van der Waals surface area contributed by atoms with Crippen LogP contribution in [0, 0.1) is 0 Å². The lowest BCUT2D eigenvalue weighted by atomic mass is 9.82. The first kappa shape index (κ1) is 20.3. The minimum atomic E-state index is -1.23. The molecule has 2 aromatic carbocycles. The van der Waals surface area contributed by atoms with Gasteiger partial charge >= 0.3 is 5.97 Å². The largest absolute Gasteiger partial charge is 0.493 e. The molecule has 0 spiro atoms. The number of carboxylic acid groups (broad SMARTS) is 1. The van der Waals surface area contributed by atoms with Crippen LogP contribution in [-0.4, -0.2) is 36.7 Å². The molecule has 0 aliphatic carbocycles. The second-order valence-electron chi connectivity index (χ2n) is 6.72. The molecule has 1 atom stereocenters. The topological polar surface area (TPSA) is 84.9 Å². The first-order valence-electron chi connectivity index (χ1n) is 8.69. The maximum atomic E-state index is 12.5. The van der Waals surface area contributed by atoms with Gasteiger partial charge in [-0.05, 0) is 44.5 Å². The van der Waals surface area contributed by atoms with Gasteiger partial charge in [-0.15, -0.1) is 0 Å². The summed E-state index contributed by atoms with van der Waals surface area (Å²) in [5, 5.41) is 12.4. The zero-order valence-electron chi connectivity index (χ0n) is 16.0. The van der Waals surface area contributed by atoms with Crippen molar-refractivity contribution in [3.8, 4) is 11.5 Å². The monoisotopic (exact) mass is 371 g/mol. The number of carbonyl (C=O) groups excluding carboxylic acids is 1. The highest BCUT2D eigenvalue weighted by molar-refractivity contribution is 5.95. The van der Waals surface area contributed by atoms with Crippen LogP contribution in [0.25, 0.3) is 0 Å². The Balaban J connectivity index is 2.18. The van der Waals surface area contributed by atoms with Gasteiger partial charge in [0.2, 0.25) is 0 Å². The van der Waals surface area contributed by atoms with Gasteiger partial charge in [0.15, 0.2) is 11.5 Å². The van der Waals surface area contributed by atoms with Gasteiger partial charge in [-0.2, -0.15) is 0 Å². The van der Waals surface area contributed by atoms with Crippen molar-refractivity contribution < 1.29 is 24.2 Å². The molecule has 2 rings (SSSR count). The Labute approximate surface area is 159 Å². The smallest absolute Gasteiger partial charge is 0.315 e.